The molecule has 0 aliphatic carbocycles. The second-order valence-electron chi connectivity index (χ2n) is 5.86. The largest absolute Gasteiger partial charge is 0.266 e. The predicted molar refractivity (Wildman–Crippen MR) is 99.7 cm³/mol. The standard InChI is InChI=1S/C16H17BrN2O4S2/c1-18(2)24(20,21)15-7-8-16-12(11-15)9-10-19(16)25(22,23)14-5-3-13(17)4-6-14/h3-8,11H,9-10H2,1-2H3. The lowest BCUT2D eigenvalue weighted by molar-refractivity contribution is 0.520. The predicted octanol–water partition coefficient (Wildman–Crippen LogP) is 2.45. The Morgan fingerprint density at radius 1 is 0.960 bits per heavy atom. The van der Waals surface area contributed by atoms with E-state index in [-0.39, 0.29) is 9.79 Å². The summed E-state index contributed by atoms with van der Waals surface area (Å²) in [7, 11) is -4.30. The Balaban J connectivity index is 2.02. The van der Waals surface area contributed by atoms with Crippen molar-refractivity contribution in [2.45, 2.75) is 16.2 Å². The van der Waals surface area contributed by atoms with Gasteiger partial charge in [-0.05, 0) is 54.4 Å². The molecule has 0 spiro atoms. The number of nitrogens with zero attached hydrogens (tertiary/aromatic N) is 2. The number of fused-ring (bicyclic) bond motifs is 1. The Kier molecular flexibility index (Phi) is 4.69. The van der Waals surface area contributed by atoms with Gasteiger partial charge in [0, 0.05) is 25.1 Å². The molecule has 25 heavy (non-hydrogen) atoms. The van der Waals surface area contributed by atoms with E-state index in [1.165, 1.54) is 24.5 Å². The van der Waals surface area contributed by atoms with Crippen molar-refractivity contribution in [3.8, 4) is 0 Å². The molecule has 0 atom stereocenters. The van der Waals surface area contributed by atoms with Gasteiger partial charge in [0.2, 0.25) is 10.0 Å². The molecule has 0 bridgehead atoms. The zero-order valence-electron chi connectivity index (χ0n) is 13.7. The van der Waals surface area contributed by atoms with E-state index in [2.05, 4.69) is 15.9 Å². The molecule has 0 saturated heterocycles. The van der Waals surface area contributed by atoms with Crippen LogP contribution in [0, 0.1) is 0 Å². The maximum Gasteiger partial charge on any atom is 0.264 e. The van der Waals surface area contributed by atoms with Crippen LogP contribution in [0.5, 0.6) is 0 Å². The van der Waals surface area contributed by atoms with E-state index in [9.17, 15) is 16.8 Å². The van der Waals surface area contributed by atoms with E-state index >= 15 is 0 Å². The van der Waals surface area contributed by atoms with Crippen LogP contribution in [-0.2, 0) is 26.5 Å². The lowest BCUT2D eigenvalue weighted by Gasteiger charge is -2.20. The fourth-order valence-corrected chi connectivity index (χ4v) is 5.42. The summed E-state index contributed by atoms with van der Waals surface area (Å²) in [6.45, 7) is 0.291. The Morgan fingerprint density at radius 3 is 2.16 bits per heavy atom. The van der Waals surface area contributed by atoms with Crippen LogP contribution in [0.25, 0.3) is 0 Å². The molecule has 0 N–H and O–H groups in total. The topological polar surface area (TPSA) is 74.8 Å². The Hall–Kier alpha value is -1.42. The molecular formula is C16H17BrN2O4S2. The summed E-state index contributed by atoms with van der Waals surface area (Å²) in [5.41, 5.74) is 1.24. The zero-order chi connectivity index (χ0) is 18.4. The van der Waals surface area contributed by atoms with Crippen LogP contribution >= 0.6 is 15.9 Å². The van der Waals surface area contributed by atoms with Crippen LogP contribution < -0.4 is 4.31 Å². The van der Waals surface area contributed by atoms with E-state index in [4.69, 9.17) is 0 Å². The van der Waals surface area contributed by atoms with Gasteiger partial charge in [0.15, 0.2) is 0 Å². The quantitative estimate of drug-likeness (QED) is 0.725. The average molecular weight is 445 g/mol. The molecule has 134 valence electrons. The normalized spacial score (nSPS) is 14.8. The van der Waals surface area contributed by atoms with Crippen molar-refractivity contribution in [3.63, 3.8) is 0 Å². The van der Waals surface area contributed by atoms with Crippen molar-refractivity contribution in [1.82, 2.24) is 4.31 Å². The number of hydrogen-bond acceptors (Lipinski definition) is 4. The monoisotopic (exact) mass is 444 g/mol. The average Bonchev–Trinajstić information content (AvgIpc) is 2.99. The van der Waals surface area contributed by atoms with E-state index in [1.807, 2.05) is 0 Å². The van der Waals surface area contributed by atoms with E-state index in [0.717, 1.165) is 8.78 Å². The zero-order valence-corrected chi connectivity index (χ0v) is 16.9. The third-order valence-electron chi connectivity index (χ3n) is 4.08. The molecule has 0 aromatic heterocycles. The Labute approximate surface area is 156 Å². The number of benzene rings is 2. The first-order valence-electron chi connectivity index (χ1n) is 7.48. The second-order valence-corrected chi connectivity index (χ2v) is 10.8. The van der Waals surface area contributed by atoms with Crippen molar-refractivity contribution in [2.24, 2.45) is 0 Å². The number of anilines is 1. The van der Waals surface area contributed by atoms with Crippen LogP contribution in [-0.4, -0.2) is 41.8 Å². The number of halogens is 1. The van der Waals surface area contributed by atoms with Gasteiger partial charge in [-0.3, -0.25) is 4.31 Å². The first kappa shape index (κ1) is 18.4. The van der Waals surface area contributed by atoms with Crippen molar-refractivity contribution < 1.29 is 16.8 Å². The number of sulfonamides is 2. The molecule has 9 heteroatoms. The fourth-order valence-electron chi connectivity index (χ4n) is 2.70. The van der Waals surface area contributed by atoms with Gasteiger partial charge < -0.3 is 0 Å². The summed E-state index contributed by atoms with van der Waals surface area (Å²) in [6, 6.07) is 11.0. The maximum atomic E-state index is 12.9. The summed E-state index contributed by atoms with van der Waals surface area (Å²) in [6.07, 6.45) is 0.474. The smallest absolute Gasteiger partial charge is 0.264 e. The van der Waals surface area contributed by atoms with Gasteiger partial charge in [0.25, 0.3) is 10.0 Å². The van der Waals surface area contributed by atoms with Crippen LogP contribution in [0.4, 0.5) is 5.69 Å². The summed E-state index contributed by atoms with van der Waals surface area (Å²) < 4.78 is 53.5. The van der Waals surface area contributed by atoms with Crippen molar-refractivity contribution in [2.75, 3.05) is 24.9 Å². The van der Waals surface area contributed by atoms with Gasteiger partial charge in [0.1, 0.15) is 0 Å². The summed E-state index contributed by atoms with van der Waals surface area (Å²) in [5, 5.41) is 0. The van der Waals surface area contributed by atoms with E-state index in [0.29, 0.717) is 24.2 Å². The maximum absolute atomic E-state index is 12.9. The first-order chi connectivity index (χ1) is 11.6. The van der Waals surface area contributed by atoms with Crippen LogP contribution in [0.3, 0.4) is 0 Å². The highest BCUT2D eigenvalue weighted by atomic mass is 79.9. The highest BCUT2D eigenvalue weighted by Gasteiger charge is 2.32. The van der Waals surface area contributed by atoms with Crippen LogP contribution in [0.2, 0.25) is 0 Å². The molecule has 2 aromatic carbocycles. The van der Waals surface area contributed by atoms with Gasteiger partial charge in [0.05, 0.1) is 15.5 Å². The summed E-state index contributed by atoms with van der Waals surface area (Å²) >= 11 is 3.29. The molecule has 0 unspecified atom stereocenters. The molecule has 1 heterocycles. The number of hydrogen-bond donors (Lipinski definition) is 0. The molecule has 3 rings (SSSR count). The van der Waals surface area contributed by atoms with Crippen molar-refractivity contribution in [3.05, 3.63) is 52.5 Å². The Bertz CT molecular complexity index is 1020. The minimum Gasteiger partial charge on any atom is -0.266 e. The number of rotatable bonds is 4. The molecule has 2 aromatic rings. The molecule has 1 aliphatic rings. The minimum atomic E-state index is -3.68. The molecule has 0 amide bonds. The van der Waals surface area contributed by atoms with Gasteiger partial charge in [-0.2, -0.15) is 0 Å². The van der Waals surface area contributed by atoms with Gasteiger partial charge in [-0.1, -0.05) is 15.9 Å². The van der Waals surface area contributed by atoms with Crippen molar-refractivity contribution in [1.29, 1.82) is 0 Å². The van der Waals surface area contributed by atoms with Crippen LogP contribution in [0.1, 0.15) is 5.56 Å². The lowest BCUT2D eigenvalue weighted by Crippen LogP contribution is -2.29. The third-order valence-corrected chi connectivity index (χ3v) is 8.25. The summed E-state index contributed by atoms with van der Waals surface area (Å²) in [4.78, 5) is 0.368. The Morgan fingerprint density at radius 2 is 1.56 bits per heavy atom. The molecule has 1 aliphatic heterocycles. The molecular weight excluding hydrogens is 428 g/mol. The minimum absolute atomic E-state index is 0.166. The molecule has 0 saturated carbocycles. The van der Waals surface area contributed by atoms with E-state index in [1.54, 1.807) is 36.4 Å². The highest BCUT2D eigenvalue weighted by Crippen LogP contribution is 2.35. The lowest BCUT2D eigenvalue weighted by atomic mass is 10.2. The van der Waals surface area contributed by atoms with Crippen molar-refractivity contribution >= 4 is 41.7 Å². The van der Waals surface area contributed by atoms with Crippen LogP contribution in [0.15, 0.2) is 56.7 Å². The fraction of sp³-hybridized carbons (Fsp3) is 0.250. The SMILES string of the molecule is CN(C)S(=O)(=O)c1ccc2c(c1)CCN2S(=O)(=O)c1ccc(Br)cc1. The molecule has 0 radical (unpaired) electrons. The van der Waals surface area contributed by atoms with E-state index < -0.39 is 20.0 Å². The van der Waals surface area contributed by atoms with Gasteiger partial charge in [-0.15, -0.1) is 0 Å². The summed E-state index contributed by atoms with van der Waals surface area (Å²) in [5.74, 6) is 0. The first-order valence-corrected chi connectivity index (χ1v) is 11.1. The molecule has 0 fully saturated rings. The van der Waals surface area contributed by atoms with Gasteiger partial charge in [-0.25, -0.2) is 21.1 Å². The van der Waals surface area contributed by atoms with Gasteiger partial charge >= 0.3 is 0 Å². The highest BCUT2D eigenvalue weighted by molar-refractivity contribution is 9.10. The second kappa shape index (κ2) is 6.39. The molecule has 6 nitrogen and oxygen atoms in total. The third kappa shape index (κ3) is 3.21.